The van der Waals surface area contributed by atoms with Crippen molar-refractivity contribution >= 4 is 27.5 Å². The van der Waals surface area contributed by atoms with Crippen molar-refractivity contribution in [3.05, 3.63) is 51.0 Å². The molecule has 0 aliphatic rings. The molecule has 21 heavy (non-hydrogen) atoms. The first-order valence-electron chi connectivity index (χ1n) is 6.87. The van der Waals surface area contributed by atoms with E-state index >= 15 is 0 Å². The zero-order chi connectivity index (χ0) is 15.6. The third kappa shape index (κ3) is 3.47. The highest BCUT2D eigenvalue weighted by molar-refractivity contribution is 9.10. The fourth-order valence-corrected chi connectivity index (χ4v) is 2.99. The number of hydrogen-bond donors (Lipinski definition) is 1. The minimum absolute atomic E-state index is 0.104. The van der Waals surface area contributed by atoms with Crippen LogP contribution >= 0.6 is 27.5 Å². The second-order valence-corrected chi connectivity index (χ2v) is 6.34. The van der Waals surface area contributed by atoms with Crippen molar-refractivity contribution in [2.24, 2.45) is 0 Å². The molecule has 3 nitrogen and oxygen atoms in total. The van der Waals surface area contributed by atoms with Crippen LogP contribution in [0.15, 0.2) is 28.9 Å². The molecule has 0 spiro atoms. The van der Waals surface area contributed by atoms with Crippen LogP contribution in [0, 0.1) is 5.82 Å². The first-order valence-corrected chi connectivity index (χ1v) is 8.04. The van der Waals surface area contributed by atoms with Gasteiger partial charge in [0.15, 0.2) is 0 Å². The standard InChI is InChI=1S/C15H18BrClFN3/c1-4-19-14(10-5-6-13(18)12(17)7-10)15-11(16)8-20-21(15)9(2)3/h5-9,14,19H,4H2,1-3H3. The normalized spacial score (nSPS) is 12.9. The summed E-state index contributed by atoms with van der Waals surface area (Å²) < 4.78 is 16.3. The Morgan fingerprint density at radius 3 is 2.71 bits per heavy atom. The summed E-state index contributed by atoms with van der Waals surface area (Å²) in [6, 6.07) is 4.93. The van der Waals surface area contributed by atoms with Gasteiger partial charge in [0, 0.05) is 6.04 Å². The summed E-state index contributed by atoms with van der Waals surface area (Å²) in [6.45, 7) is 6.95. The van der Waals surface area contributed by atoms with E-state index in [9.17, 15) is 4.39 Å². The lowest BCUT2D eigenvalue weighted by atomic mass is 10.0. The molecule has 0 amide bonds. The van der Waals surface area contributed by atoms with Crippen LogP contribution < -0.4 is 5.32 Å². The summed E-state index contributed by atoms with van der Waals surface area (Å²) in [5.74, 6) is -0.410. The Morgan fingerprint density at radius 2 is 2.14 bits per heavy atom. The molecule has 0 radical (unpaired) electrons. The van der Waals surface area contributed by atoms with Gasteiger partial charge < -0.3 is 5.32 Å². The van der Waals surface area contributed by atoms with Crippen molar-refractivity contribution < 1.29 is 4.39 Å². The molecule has 0 saturated carbocycles. The highest BCUT2D eigenvalue weighted by atomic mass is 79.9. The molecule has 1 aromatic heterocycles. The van der Waals surface area contributed by atoms with Gasteiger partial charge in [0.05, 0.1) is 27.4 Å². The maximum Gasteiger partial charge on any atom is 0.141 e. The molecule has 1 unspecified atom stereocenters. The minimum Gasteiger partial charge on any atom is -0.305 e. The van der Waals surface area contributed by atoms with Crippen LogP contribution in [0.25, 0.3) is 0 Å². The van der Waals surface area contributed by atoms with E-state index < -0.39 is 5.82 Å². The zero-order valence-electron chi connectivity index (χ0n) is 12.2. The fourth-order valence-electron chi connectivity index (χ4n) is 2.30. The van der Waals surface area contributed by atoms with Gasteiger partial charge in [0.2, 0.25) is 0 Å². The van der Waals surface area contributed by atoms with Crippen molar-refractivity contribution in [3.8, 4) is 0 Å². The highest BCUT2D eigenvalue weighted by Crippen LogP contribution is 2.32. The van der Waals surface area contributed by atoms with Gasteiger partial charge in [0.25, 0.3) is 0 Å². The summed E-state index contributed by atoms with van der Waals surface area (Å²) in [4.78, 5) is 0. The molecule has 6 heteroatoms. The van der Waals surface area contributed by atoms with E-state index in [0.29, 0.717) is 0 Å². The number of rotatable bonds is 5. The lowest BCUT2D eigenvalue weighted by Crippen LogP contribution is -2.26. The molecule has 1 atom stereocenters. The van der Waals surface area contributed by atoms with E-state index in [1.165, 1.54) is 6.07 Å². The second-order valence-electron chi connectivity index (χ2n) is 5.08. The van der Waals surface area contributed by atoms with Gasteiger partial charge in [-0.1, -0.05) is 24.6 Å². The number of nitrogens with zero attached hydrogens (tertiary/aromatic N) is 2. The number of benzene rings is 1. The molecule has 1 N–H and O–H groups in total. The van der Waals surface area contributed by atoms with E-state index in [1.807, 2.05) is 11.6 Å². The predicted octanol–water partition coefficient (Wildman–Crippen LogP) is 4.72. The van der Waals surface area contributed by atoms with Gasteiger partial charge in [-0.05, 0) is 54.0 Å². The third-order valence-electron chi connectivity index (χ3n) is 3.23. The van der Waals surface area contributed by atoms with Crippen molar-refractivity contribution in [1.82, 2.24) is 15.1 Å². The van der Waals surface area contributed by atoms with E-state index in [1.54, 1.807) is 18.3 Å². The zero-order valence-corrected chi connectivity index (χ0v) is 14.5. The van der Waals surface area contributed by atoms with Crippen LogP contribution in [0.2, 0.25) is 5.02 Å². The van der Waals surface area contributed by atoms with Gasteiger partial charge in [-0.2, -0.15) is 5.10 Å². The minimum atomic E-state index is -0.410. The molecule has 0 saturated heterocycles. The number of halogens is 3. The molecular formula is C15H18BrClFN3. The molecular weight excluding hydrogens is 357 g/mol. The number of aromatic nitrogens is 2. The Bertz CT molecular complexity index is 627. The van der Waals surface area contributed by atoms with Crippen LogP contribution in [0.3, 0.4) is 0 Å². The highest BCUT2D eigenvalue weighted by Gasteiger charge is 2.23. The van der Waals surface area contributed by atoms with Crippen LogP contribution in [-0.2, 0) is 0 Å². The number of nitrogens with one attached hydrogen (secondary N) is 1. The van der Waals surface area contributed by atoms with E-state index in [4.69, 9.17) is 11.6 Å². The van der Waals surface area contributed by atoms with Crippen molar-refractivity contribution in [2.75, 3.05) is 6.54 Å². The maximum absolute atomic E-state index is 13.4. The molecule has 0 aliphatic heterocycles. The summed E-state index contributed by atoms with van der Waals surface area (Å²) in [5.41, 5.74) is 1.92. The summed E-state index contributed by atoms with van der Waals surface area (Å²) in [6.07, 6.45) is 1.78. The molecule has 114 valence electrons. The Balaban J connectivity index is 2.53. The summed E-state index contributed by atoms with van der Waals surface area (Å²) >= 11 is 9.48. The molecule has 1 heterocycles. The Kier molecular flexibility index (Phi) is 5.41. The van der Waals surface area contributed by atoms with Gasteiger partial charge >= 0.3 is 0 Å². The second kappa shape index (κ2) is 6.90. The first kappa shape index (κ1) is 16.5. The van der Waals surface area contributed by atoms with Gasteiger partial charge in [-0.3, -0.25) is 4.68 Å². The van der Waals surface area contributed by atoms with Gasteiger partial charge in [0.1, 0.15) is 5.82 Å². The summed E-state index contributed by atoms with van der Waals surface area (Å²) in [5, 5.41) is 7.95. The smallest absolute Gasteiger partial charge is 0.141 e. The molecule has 1 aromatic carbocycles. The Morgan fingerprint density at radius 1 is 1.43 bits per heavy atom. The largest absolute Gasteiger partial charge is 0.305 e. The van der Waals surface area contributed by atoms with E-state index in [0.717, 1.165) is 22.3 Å². The van der Waals surface area contributed by atoms with Crippen molar-refractivity contribution in [1.29, 1.82) is 0 Å². The fraction of sp³-hybridized carbons (Fsp3) is 0.400. The maximum atomic E-state index is 13.4. The van der Waals surface area contributed by atoms with Crippen LogP contribution in [0.5, 0.6) is 0 Å². The molecule has 0 bridgehead atoms. The monoisotopic (exact) mass is 373 g/mol. The van der Waals surface area contributed by atoms with Crippen LogP contribution in [-0.4, -0.2) is 16.3 Å². The first-order chi connectivity index (χ1) is 9.95. The van der Waals surface area contributed by atoms with Gasteiger partial charge in [-0.25, -0.2) is 4.39 Å². The average molecular weight is 375 g/mol. The van der Waals surface area contributed by atoms with Crippen LogP contribution in [0.1, 0.15) is 44.1 Å². The lowest BCUT2D eigenvalue weighted by Gasteiger charge is -2.22. The van der Waals surface area contributed by atoms with E-state index in [-0.39, 0.29) is 17.1 Å². The SMILES string of the molecule is CCNC(c1ccc(F)c(Cl)c1)c1c(Br)cnn1C(C)C. The quantitative estimate of drug-likeness (QED) is 0.821. The topological polar surface area (TPSA) is 29.9 Å². The Labute approximate surface area is 137 Å². The Hall–Kier alpha value is -0.910. The third-order valence-corrected chi connectivity index (χ3v) is 4.14. The van der Waals surface area contributed by atoms with Crippen molar-refractivity contribution in [3.63, 3.8) is 0 Å². The predicted molar refractivity (Wildman–Crippen MR) is 87.2 cm³/mol. The van der Waals surface area contributed by atoms with E-state index in [2.05, 4.69) is 40.2 Å². The average Bonchev–Trinajstić information content (AvgIpc) is 2.81. The lowest BCUT2D eigenvalue weighted by molar-refractivity contribution is 0.475. The van der Waals surface area contributed by atoms with Gasteiger partial charge in [-0.15, -0.1) is 0 Å². The molecule has 2 rings (SSSR count). The molecule has 0 fully saturated rings. The summed E-state index contributed by atoms with van der Waals surface area (Å²) in [7, 11) is 0. The number of hydrogen-bond acceptors (Lipinski definition) is 2. The molecule has 2 aromatic rings. The van der Waals surface area contributed by atoms with Crippen molar-refractivity contribution in [2.45, 2.75) is 32.9 Å². The molecule has 0 aliphatic carbocycles. The van der Waals surface area contributed by atoms with Crippen LogP contribution in [0.4, 0.5) is 4.39 Å².